The predicted octanol–water partition coefficient (Wildman–Crippen LogP) is 2.05. The van der Waals surface area contributed by atoms with Gasteiger partial charge in [-0.05, 0) is 29.8 Å². The summed E-state index contributed by atoms with van der Waals surface area (Å²) < 4.78 is 0. The normalized spacial score (nSPS) is 16.8. The van der Waals surface area contributed by atoms with Crippen LogP contribution in [0.15, 0.2) is 31.1 Å². The van der Waals surface area contributed by atoms with Gasteiger partial charge in [0, 0.05) is 25.5 Å². The van der Waals surface area contributed by atoms with Crippen LogP contribution in [0.2, 0.25) is 0 Å². The molecule has 0 N–H and O–H groups in total. The Bertz CT molecular complexity index is 380. The van der Waals surface area contributed by atoms with E-state index >= 15 is 0 Å². The molecule has 2 nitrogen and oxygen atoms in total. The van der Waals surface area contributed by atoms with Gasteiger partial charge in [0.15, 0.2) is 0 Å². The molecule has 1 aliphatic rings. The van der Waals surface area contributed by atoms with Crippen LogP contribution >= 0.6 is 0 Å². The molecule has 2 rings (SSSR count). The average Bonchev–Trinajstić information content (AvgIpc) is 2.65. The Kier molecular flexibility index (Phi) is 2.46. The molecule has 2 heteroatoms. The molecule has 0 amide bonds. The number of hydrogen-bond donors (Lipinski definition) is 0. The standard InChI is InChI=1S/C12H14N2/c1-3-10-6-12(8-13-7-10)11-4-5-14(2)9-11/h3-4,6-8H,1,5,9H2,2H3. The van der Waals surface area contributed by atoms with Crippen LogP contribution in [-0.2, 0) is 0 Å². The molecule has 0 saturated carbocycles. The zero-order chi connectivity index (χ0) is 9.97. The molecule has 0 atom stereocenters. The third-order valence-corrected chi connectivity index (χ3v) is 2.46. The smallest absolute Gasteiger partial charge is 0.0343 e. The van der Waals surface area contributed by atoms with E-state index in [1.54, 1.807) is 0 Å². The summed E-state index contributed by atoms with van der Waals surface area (Å²) in [5.74, 6) is 0. The van der Waals surface area contributed by atoms with E-state index in [1.165, 1.54) is 11.1 Å². The maximum Gasteiger partial charge on any atom is 0.0343 e. The van der Waals surface area contributed by atoms with Gasteiger partial charge < -0.3 is 0 Å². The Balaban J connectivity index is 2.28. The van der Waals surface area contributed by atoms with E-state index in [4.69, 9.17) is 0 Å². The molecule has 1 aromatic heterocycles. The molecule has 0 fully saturated rings. The molecular formula is C12H14N2. The first-order valence-corrected chi connectivity index (χ1v) is 4.75. The maximum absolute atomic E-state index is 4.19. The van der Waals surface area contributed by atoms with Crippen LogP contribution in [0.1, 0.15) is 11.1 Å². The van der Waals surface area contributed by atoms with Crippen LogP contribution < -0.4 is 0 Å². The molecule has 0 unspecified atom stereocenters. The molecule has 1 aliphatic heterocycles. The molecule has 2 heterocycles. The van der Waals surface area contributed by atoms with Gasteiger partial charge in [-0.2, -0.15) is 0 Å². The molecular weight excluding hydrogens is 172 g/mol. The zero-order valence-electron chi connectivity index (χ0n) is 8.40. The molecule has 72 valence electrons. The lowest BCUT2D eigenvalue weighted by Gasteiger charge is -2.07. The summed E-state index contributed by atoms with van der Waals surface area (Å²) in [5.41, 5.74) is 3.66. The van der Waals surface area contributed by atoms with E-state index in [-0.39, 0.29) is 0 Å². The van der Waals surface area contributed by atoms with E-state index in [1.807, 2.05) is 18.5 Å². The quantitative estimate of drug-likeness (QED) is 0.702. The first-order valence-electron chi connectivity index (χ1n) is 4.75. The van der Waals surface area contributed by atoms with Crippen LogP contribution in [0.5, 0.6) is 0 Å². The Morgan fingerprint density at radius 3 is 3.00 bits per heavy atom. The van der Waals surface area contributed by atoms with Crippen molar-refractivity contribution in [2.45, 2.75) is 0 Å². The van der Waals surface area contributed by atoms with Crippen molar-refractivity contribution in [3.8, 4) is 0 Å². The minimum atomic E-state index is 1.02. The summed E-state index contributed by atoms with van der Waals surface area (Å²) in [7, 11) is 2.12. The van der Waals surface area contributed by atoms with Crippen molar-refractivity contribution in [1.82, 2.24) is 9.88 Å². The number of aromatic nitrogens is 1. The van der Waals surface area contributed by atoms with Crippen molar-refractivity contribution in [2.24, 2.45) is 0 Å². The van der Waals surface area contributed by atoms with Crippen molar-refractivity contribution < 1.29 is 0 Å². The lowest BCUT2D eigenvalue weighted by molar-refractivity contribution is 0.438. The maximum atomic E-state index is 4.19. The van der Waals surface area contributed by atoms with Gasteiger partial charge in [0.1, 0.15) is 0 Å². The highest BCUT2D eigenvalue weighted by Gasteiger charge is 2.11. The first kappa shape index (κ1) is 9.16. The van der Waals surface area contributed by atoms with Gasteiger partial charge in [-0.15, -0.1) is 0 Å². The molecule has 14 heavy (non-hydrogen) atoms. The van der Waals surface area contributed by atoms with Crippen molar-refractivity contribution in [3.63, 3.8) is 0 Å². The van der Waals surface area contributed by atoms with Gasteiger partial charge in [-0.1, -0.05) is 18.7 Å². The number of nitrogens with zero attached hydrogens (tertiary/aromatic N) is 2. The van der Waals surface area contributed by atoms with Gasteiger partial charge in [-0.25, -0.2) is 0 Å². The molecule has 0 spiro atoms. The summed E-state index contributed by atoms with van der Waals surface area (Å²) in [4.78, 5) is 6.47. The van der Waals surface area contributed by atoms with E-state index in [0.29, 0.717) is 0 Å². The van der Waals surface area contributed by atoms with Gasteiger partial charge in [0.2, 0.25) is 0 Å². The third kappa shape index (κ3) is 1.75. The monoisotopic (exact) mass is 186 g/mol. The van der Waals surface area contributed by atoms with Gasteiger partial charge in [-0.3, -0.25) is 9.88 Å². The van der Waals surface area contributed by atoms with Crippen molar-refractivity contribution in [3.05, 3.63) is 42.2 Å². The van der Waals surface area contributed by atoms with Crippen LogP contribution in [0.25, 0.3) is 11.6 Å². The fourth-order valence-corrected chi connectivity index (χ4v) is 1.64. The molecule has 0 aliphatic carbocycles. The highest BCUT2D eigenvalue weighted by molar-refractivity contribution is 5.70. The molecule has 0 saturated heterocycles. The Hall–Kier alpha value is -1.41. The van der Waals surface area contributed by atoms with Gasteiger partial charge >= 0.3 is 0 Å². The van der Waals surface area contributed by atoms with Crippen molar-refractivity contribution in [1.29, 1.82) is 0 Å². The Labute approximate surface area is 84.6 Å². The SMILES string of the molecule is C=Cc1cncc(C2=CCN(C)C2)c1. The van der Waals surface area contributed by atoms with Crippen LogP contribution in [0, 0.1) is 0 Å². The van der Waals surface area contributed by atoms with E-state index in [9.17, 15) is 0 Å². The Morgan fingerprint density at radius 1 is 1.50 bits per heavy atom. The highest BCUT2D eigenvalue weighted by Crippen LogP contribution is 2.20. The topological polar surface area (TPSA) is 16.1 Å². The largest absolute Gasteiger partial charge is 0.298 e. The predicted molar refractivity (Wildman–Crippen MR) is 59.8 cm³/mol. The Morgan fingerprint density at radius 2 is 2.36 bits per heavy atom. The summed E-state index contributed by atoms with van der Waals surface area (Å²) in [6, 6.07) is 2.13. The van der Waals surface area contributed by atoms with Crippen LogP contribution in [0.4, 0.5) is 0 Å². The second-order valence-electron chi connectivity index (χ2n) is 3.64. The fourth-order valence-electron chi connectivity index (χ4n) is 1.64. The lowest BCUT2D eigenvalue weighted by Crippen LogP contribution is -2.13. The molecule has 0 bridgehead atoms. The minimum absolute atomic E-state index is 1.02. The van der Waals surface area contributed by atoms with Crippen LogP contribution in [-0.4, -0.2) is 30.0 Å². The summed E-state index contributed by atoms with van der Waals surface area (Å²) in [6.45, 7) is 5.80. The highest BCUT2D eigenvalue weighted by atomic mass is 15.1. The van der Waals surface area contributed by atoms with E-state index < -0.39 is 0 Å². The van der Waals surface area contributed by atoms with E-state index in [2.05, 4.69) is 35.7 Å². The summed E-state index contributed by atoms with van der Waals surface area (Å²) >= 11 is 0. The number of likely N-dealkylation sites (N-methyl/N-ethyl adjacent to an activating group) is 1. The van der Waals surface area contributed by atoms with Crippen LogP contribution in [0.3, 0.4) is 0 Å². The van der Waals surface area contributed by atoms with E-state index in [0.717, 1.165) is 18.7 Å². The fraction of sp³-hybridized carbons (Fsp3) is 0.250. The van der Waals surface area contributed by atoms with Gasteiger partial charge in [0.05, 0.1) is 0 Å². The average molecular weight is 186 g/mol. The first-order chi connectivity index (χ1) is 6.79. The lowest BCUT2D eigenvalue weighted by atomic mass is 10.1. The molecule has 0 radical (unpaired) electrons. The van der Waals surface area contributed by atoms with Crippen molar-refractivity contribution >= 4 is 11.6 Å². The second kappa shape index (κ2) is 3.76. The van der Waals surface area contributed by atoms with Crippen molar-refractivity contribution in [2.75, 3.05) is 20.1 Å². The number of hydrogen-bond acceptors (Lipinski definition) is 2. The number of pyridine rings is 1. The minimum Gasteiger partial charge on any atom is -0.298 e. The second-order valence-corrected chi connectivity index (χ2v) is 3.64. The molecule has 0 aromatic carbocycles. The summed E-state index contributed by atoms with van der Waals surface area (Å²) in [6.07, 6.45) is 7.83. The number of rotatable bonds is 2. The summed E-state index contributed by atoms with van der Waals surface area (Å²) in [5, 5.41) is 0. The van der Waals surface area contributed by atoms with Gasteiger partial charge in [0.25, 0.3) is 0 Å². The zero-order valence-corrected chi connectivity index (χ0v) is 8.40. The third-order valence-electron chi connectivity index (χ3n) is 2.46. The molecule has 1 aromatic rings.